The lowest BCUT2D eigenvalue weighted by atomic mass is 10.2. The van der Waals surface area contributed by atoms with Gasteiger partial charge in [-0.3, -0.25) is 9.59 Å². The Morgan fingerprint density at radius 1 is 1.17 bits per heavy atom. The highest BCUT2D eigenvalue weighted by molar-refractivity contribution is 6.23. The second-order valence-corrected chi connectivity index (χ2v) is 5.38. The summed E-state index contributed by atoms with van der Waals surface area (Å²) in [5.41, 5.74) is 1.03. The first-order valence-electron chi connectivity index (χ1n) is 7.71. The number of imide groups is 1. The summed E-state index contributed by atoms with van der Waals surface area (Å²) in [5, 5.41) is 2.98. The molecule has 1 aliphatic heterocycles. The van der Waals surface area contributed by atoms with Gasteiger partial charge in [0.25, 0.3) is 5.91 Å². The van der Waals surface area contributed by atoms with E-state index in [1.807, 2.05) is 6.92 Å². The third kappa shape index (κ3) is 3.08. The Morgan fingerprint density at radius 2 is 1.88 bits per heavy atom. The van der Waals surface area contributed by atoms with Gasteiger partial charge in [-0.1, -0.05) is 12.1 Å². The summed E-state index contributed by atoms with van der Waals surface area (Å²) in [7, 11) is 0. The Morgan fingerprint density at radius 3 is 2.58 bits per heavy atom. The van der Waals surface area contributed by atoms with Crippen molar-refractivity contribution in [1.82, 2.24) is 0 Å². The minimum atomic E-state index is -0.683. The molecule has 2 aromatic carbocycles. The summed E-state index contributed by atoms with van der Waals surface area (Å²) < 4.78 is 18.5. The van der Waals surface area contributed by atoms with E-state index in [2.05, 4.69) is 5.32 Å². The van der Waals surface area contributed by atoms with Crippen molar-refractivity contribution < 1.29 is 18.7 Å². The van der Waals surface area contributed by atoms with Crippen LogP contribution in [0, 0.1) is 5.82 Å². The molecule has 2 aromatic rings. The van der Waals surface area contributed by atoms with Crippen LogP contribution < -0.4 is 15.0 Å². The number of amides is 2. The molecule has 1 aliphatic rings. The van der Waals surface area contributed by atoms with Crippen LogP contribution in [0.5, 0.6) is 5.75 Å². The molecule has 1 heterocycles. The van der Waals surface area contributed by atoms with Gasteiger partial charge in [0.15, 0.2) is 0 Å². The predicted octanol–water partition coefficient (Wildman–Crippen LogP) is 2.97. The smallest absolute Gasteiger partial charge is 0.256 e. The molecule has 0 aliphatic carbocycles. The highest BCUT2D eigenvalue weighted by Crippen LogP contribution is 2.32. The molecule has 5 nitrogen and oxygen atoms in total. The molecule has 3 rings (SSSR count). The maximum Gasteiger partial charge on any atom is 0.256 e. The summed E-state index contributed by atoms with van der Waals surface area (Å²) in [6, 6.07) is 11.9. The lowest BCUT2D eigenvalue weighted by Crippen LogP contribution is -2.35. The third-order valence-electron chi connectivity index (χ3n) is 3.74. The molecular weight excluding hydrogens is 311 g/mol. The van der Waals surface area contributed by atoms with Crippen LogP contribution in [0.1, 0.15) is 13.3 Å². The number of hydrogen-bond donors (Lipinski definition) is 1. The number of ether oxygens (including phenoxy) is 1. The number of nitrogens with one attached hydrogen (secondary N) is 1. The lowest BCUT2D eigenvalue weighted by Gasteiger charge is -2.19. The zero-order chi connectivity index (χ0) is 17.1. The van der Waals surface area contributed by atoms with Crippen molar-refractivity contribution in [3.63, 3.8) is 0 Å². The highest BCUT2D eigenvalue weighted by Gasteiger charge is 2.40. The van der Waals surface area contributed by atoms with Crippen LogP contribution in [-0.2, 0) is 9.59 Å². The largest absolute Gasteiger partial charge is 0.492 e. The van der Waals surface area contributed by atoms with Crippen LogP contribution in [0.2, 0.25) is 0 Å². The summed E-state index contributed by atoms with van der Waals surface area (Å²) >= 11 is 0. The molecule has 1 saturated heterocycles. The van der Waals surface area contributed by atoms with E-state index in [9.17, 15) is 14.0 Å². The fourth-order valence-electron chi connectivity index (χ4n) is 2.66. The quantitative estimate of drug-likeness (QED) is 0.857. The molecule has 6 heteroatoms. The van der Waals surface area contributed by atoms with Crippen LogP contribution in [0.4, 0.5) is 15.8 Å². The molecule has 0 aromatic heterocycles. The molecule has 1 N–H and O–H groups in total. The maximum atomic E-state index is 13.0. The van der Waals surface area contributed by atoms with Gasteiger partial charge in [0.1, 0.15) is 17.6 Å². The number of carbonyl (C=O) groups is 2. The molecule has 0 spiro atoms. The third-order valence-corrected chi connectivity index (χ3v) is 3.74. The van der Waals surface area contributed by atoms with Gasteiger partial charge in [-0.2, -0.15) is 0 Å². The van der Waals surface area contributed by atoms with E-state index in [1.54, 1.807) is 24.3 Å². The Bertz CT molecular complexity index is 761. The number of hydrogen-bond acceptors (Lipinski definition) is 4. The number of para-hydroxylation sites is 2. The normalized spacial score (nSPS) is 17.2. The zero-order valence-electron chi connectivity index (χ0n) is 13.2. The zero-order valence-corrected chi connectivity index (χ0v) is 13.2. The first kappa shape index (κ1) is 16.0. The predicted molar refractivity (Wildman–Crippen MR) is 88.5 cm³/mol. The number of benzene rings is 2. The van der Waals surface area contributed by atoms with Crippen molar-refractivity contribution in [3.8, 4) is 5.75 Å². The van der Waals surface area contributed by atoms with E-state index in [0.717, 1.165) is 4.90 Å². The van der Waals surface area contributed by atoms with E-state index < -0.39 is 6.04 Å². The van der Waals surface area contributed by atoms with E-state index in [1.165, 1.54) is 24.3 Å². The molecular formula is C18H17FN2O3. The number of halogens is 1. The van der Waals surface area contributed by atoms with Crippen LogP contribution in [0.25, 0.3) is 0 Å². The summed E-state index contributed by atoms with van der Waals surface area (Å²) in [6.07, 6.45) is 0.0384. The molecule has 1 fully saturated rings. The standard InChI is InChI=1S/C18H17FN2O3/c1-2-24-16-6-4-3-5-15(16)21-17(22)11-14(18(21)23)20-13-9-7-12(19)8-10-13/h3-10,14,20H,2,11H2,1H3. The molecule has 0 saturated carbocycles. The molecule has 24 heavy (non-hydrogen) atoms. The van der Waals surface area contributed by atoms with Crippen molar-refractivity contribution in [2.45, 2.75) is 19.4 Å². The SMILES string of the molecule is CCOc1ccccc1N1C(=O)CC(Nc2ccc(F)cc2)C1=O. The summed E-state index contributed by atoms with van der Waals surface area (Å²) in [5.74, 6) is -0.519. The van der Waals surface area contributed by atoms with Gasteiger partial charge in [0, 0.05) is 5.69 Å². The van der Waals surface area contributed by atoms with Crippen molar-refractivity contribution in [3.05, 3.63) is 54.3 Å². The summed E-state index contributed by atoms with van der Waals surface area (Å²) in [4.78, 5) is 26.1. The van der Waals surface area contributed by atoms with Crippen molar-refractivity contribution in [2.75, 3.05) is 16.8 Å². The molecule has 0 bridgehead atoms. The molecule has 1 atom stereocenters. The van der Waals surface area contributed by atoms with Gasteiger partial charge in [-0.25, -0.2) is 9.29 Å². The minimum Gasteiger partial charge on any atom is -0.492 e. The Balaban J connectivity index is 1.83. The van der Waals surface area contributed by atoms with Crippen LogP contribution >= 0.6 is 0 Å². The number of rotatable bonds is 5. The second kappa shape index (κ2) is 6.70. The number of nitrogens with zero attached hydrogens (tertiary/aromatic N) is 1. The molecule has 2 amide bonds. The van der Waals surface area contributed by atoms with Gasteiger partial charge < -0.3 is 10.1 Å². The monoisotopic (exact) mass is 328 g/mol. The maximum absolute atomic E-state index is 13.0. The summed E-state index contributed by atoms with van der Waals surface area (Å²) in [6.45, 7) is 2.27. The van der Waals surface area contributed by atoms with Crippen LogP contribution in [0.15, 0.2) is 48.5 Å². The fraction of sp³-hybridized carbons (Fsp3) is 0.222. The van der Waals surface area contributed by atoms with E-state index in [0.29, 0.717) is 23.7 Å². The van der Waals surface area contributed by atoms with Crippen molar-refractivity contribution >= 4 is 23.2 Å². The topological polar surface area (TPSA) is 58.6 Å². The van der Waals surface area contributed by atoms with Crippen LogP contribution in [-0.4, -0.2) is 24.5 Å². The number of carbonyl (C=O) groups excluding carboxylic acids is 2. The number of anilines is 2. The highest BCUT2D eigenvalue weighted by atomic mass is 19.1. The van der Waals surface area contributed by atoms with Crippen molar-refractivity contribution in [2.24, 2.45) is 0 Å². The van der Waals surface area contributed by atoms with Gasteiger partial charge in [-0.15, -0.1) is 0 Å². The lowest BCUT2D eigenvalue weighted by molar-refractivity contribution is -0.121. The first-order chi connectivity index (χ1) is 11.6. The first-order valence-corrected chi connectivity index (χ1v) is 7.71. The Hall–Kier alpha value is -2.89. The Labute approximate surface area is 139 Å². The fourth-order valence-corrected chi connectivity index (χ4v) is 2.66. The second-order valence-electron chi connectivity index (χ2n) is 5.38. The van der Waals surface area contributed by atoms with Gasteiger partial charge >= 0.3 is 0 Å². The average molecular weight is 328 g/mol. The molecule has 124 valence electrons. The molecule has 0 radical (unpaired) electrons. The van der Waals surface area contributed by atoms with Crippen LogP contribution in [0.3, 0.4) is 0 Å². The van der Waals surface area contributed by atoms with Gasteiger partial charge in [0.05, 0.1) is 18.7 Å². The Kier molecular flexibility index (Phi) is 4.46. The van der Waals surface area contributed by atoms with E-state index in [-0.39, 0.29) is 24.1 Å². The van der Waals surface area contributed by atoms with Crippen molar-refractivity contribution in [1.29, 1.82) is 0 Å². The average Bonchev–Trinajstić information content (AvgIpc) is 2.85. The van der Waals surface area contributed by atoms with E-state index in [4.69, 9.17) is 4.74 Å². The van der Waals surface area contributed by atoms with Gasteiger partial charge in [0.2, 0.25) is 5.91 Å². The minimum absolute atomic E-state index is 0.0384. The molecule has 1 unspecified atom stereocenters. The van der Waals surface area contributed by atoms with E-state index >= 15 is 0 Å². The van der Waals surface area contributed by atoms with Gasteiger partial charge in [-0.05, 0) is 43.3 Å².